The van der Waals surface area contributed by atoms with Gasteiger partial charge in [-0.15, -0.1) is 13.2 Å². The Hall–Kier alpha value is -2.63. The molecule has 178 valence electrons. The molecule has 2 saturated heterocycles. The summed E-state index contributed by atoms with van der Waals surface area (Å²) in [5.74, 6) is -0.453. The van der Waals surface area contributed by atoms with E-state index in [1.807, 2.05) is 24.3 Å². The van der Waals surface area contributed by atoms with Gasteiger partial charge in [-0.05, 0) is 42.7 Å². The SMILES string of the molecule is O=C1CCCN1c1ccc(CN2CC[C@@H](NS(=O)(=O)c3cccc(OC(F)(F)F)c3)C2)cc1. The van der Waals surface area contributed by atoms with Crippen LogP contribution < -0.4 is 14.4 Å². The molecule has 1 N–H and O–H groups in total. The smallest absolute Gasteiger partial charge is 0.406 e. The average Bonchev–Trinajstić information content (AvgIpc) is 3.36. The lowest BCUT2D eigenvalue weighted by Gasteiger charge is -2.19. The molecule has 2 fully saturated rings. The van der Waals surface area contributed by atoms with Crippen LogP contribution in [0.3, 0.4) is 0 Å². The quantitative estimate of drug-likeness (QED) is 0.654. The van der Waals surface area contributed by atoms with Crippen LogP contribution in [0, 0.1) is 0 Å². The third-order valence-corrected chi connectivity index (χ3v) is 7.19. The van der Waals surface area contributed by atoms with Gasteiger partial charge in [0.25, 0.3) is 0 Å². The van der Waals surface area contributed by atoms with Gasteiger partial charge in [-0.1, -0.05) is 18.2 Å². The number of alkyl halides is 3. The lowest BCUT2D eigenvalue weighted by atomic mass is 10.2. The molecule has 33 heavy (non-hydrogen) atoms. The average molecular weight is 484 g/mol. The van der Waals surface area contributed by atoms with E-state index in [1.54, 1.807) is 4.90 Å². The second-order valence-electron chi connectivity index (χ2n) is 8.18. The first-order valence-electron chi connectivity index (χ1n) is 10.6. The normalized spacial score (nSPS) is 19.9. The molecular formula is C22H24F3N3O4S. The van der Waals surface area contributed by atoms with Gasteiger partial charge in [-0.25, -0.2) is 13.1 Å². The van der Waals surface area contributed by atoms with Gasteiger partial charge in [0.2, 0.25) is 15.9 Å². The van der Waals surface area contributed by atoms with Gasteiger partial charge < -0.3 is 9.64 Å². The third-order valence-electron chi connectivity index (χ3n) is 5.67. The van der Waals surface area contributed by atoms with Crippen LogP contribution in [0.1, 0.15) is 24.8 Å². The Kier molecular flexibility index (Phi) is 6.64. The molecule has 11 heteroatoms. The molecule has 2 aromatic carbocycles. The number of anilines is 1. The number of carbonyl (C=O) groups excluding carboxylic acids is 1. The zero-order valence-electron chi connectivity index (χ0n) is 17.7. The number of carbonyl (C=O) groups is 1. The lowest BCUT2D eigenvalue weighted by molar-refractivity contribution is -0.274. The number of benzene rings is 2. The van der Waals surface area contributed by atoms with E-state index in [1.165, 1.54) is 12.1 Å². The molecule has 2 heterocycles. The zero-order valence-corrected chi connectivity index (χ0v) is 18.5. The topological polar surface area (TPSA) is 79.0 Å². The summed E-state index contributed by atoms with van der Waals surface area (Å²) in [5, 5.41) is 0. The van der Waals surface area contributed by atoms with Crippen molar-refractivity contribution < 1.29 is 31.1 Å². The van der Waals surface area contributed by atoms with Crippen LogP contribution in [0.4, 0.5) is 18.9 Å². The summed E-state index contributed by atoms with van der Waals surface area (Å²) in [4.78, 5) is 15.5. The molecule has 2 aliphatic heterocycles. The Morgan fingerprint density at radius 2 is 1.85 bits per heavy atom. The standard InChI is InChI=1S/C22H24F3N3O4S/c23-22(24,25)32-19-3-1-4-20(13-19)33(30,31)26-17-10-12-27(15-17)14-16-6-8-18(9-7-16)28-11-2-5-21(28)29/h1,3-4,6-9,13,17,26H,2,5,10-12,14-15H2/t17-/m1/s1. The molecule has 0 bridgehead atoms. The number of nitrogens with zero attached hydrogens (tertiary/aromatic N) is 2. The van der Waals surface area contributed by atoms with Crippen molar-refractivity contribution in [2.75, 3.05) is 24.5 Å². The molecule has 0 aromatic heterocycles. The lowest BCUT2D eigenvalue weighted by Crippen LogP contribution is -2.37. The molecule has 0 unspecified atom stereocenters. The van der Waals surface area contributed by atoms with Crippen molar-refractivity contribution in [2.24, 2.45) is 0 Å². The van der Waals surface area contributed by atoms with E-state index in [4.69, 9.17) is 0 Å². The summed E-state index contributed by atoms with van der Waals surface area (Å²) in [7, 11) is -4.00. The monoisotopic (exact) mass is 483 g/mol. The predicted molar refractivity (Wildman–Crippen MR) is 115 cm³/mol. The number of rotatable bonds is 7. The second kappa shape index (κ2) is 9.32. The fraction of sp³-hybridized carbons (Fsp3) is 0.409. The highest BCUT2D eigenvalue weighted by molar-refractivity contribution is 7.89. The van der Waals surface area contributed by atoms with Crippen LogP contribution >= 0.6 is 0 Å². The summed E-state index contributed by atoms with van der Waals surface area (Å²) in [6.45, 7) is 2.51. The molecule has 0 spiro atoms. The van der Waals surface area contributed by atoms with Gasteiger partial charge in [-0.3, -0.25) is 9.69 Å². The van der Waals surface area contributed by atoms with E-state index >= 15 is 0 Å². The third kappa shape index (κ3) is 6.04. The maximum atomic E-state index is 12.7. The Balaban J connectivity index is 1.33. The van der Waals surface area contributed by atoms with Crippen molar-refractivity contribution in [1.82, 2.24) is 9.62 Å². The van der Waals surface area contributed by atoms with Crippen molar-refractivity contribution in [3.63, 3.8) is 0 Å². The molecule has 0 radical (unpaired) electrons. The van der Waals surface area contributed by atoms with E-state index in [0.717, 1.165) is 36.3 Å². The number of halogens is 3. The minimum atomic E-state index is -4.90. The first-order valence-corrected chi connectivity index (χ1v) is 12.1. The van der Waals surface area contributed by atoms with E-state index in [-0.39, 0.29) is 16.8 Å². The Morgan fingerprint density at radius 1 is 1.09 bits per heavy atom. The first-order chi connectivity index (χ1) is 15.6. The van der Waals surface area contributed by atoms with Crippen molar-refractivity contribution in [1.29, 1.82) is 0 Å². The van der Waals surface area contributed by atoms with Crippen LogP contribution in [0.5, 0.6) is 5.75 Å². The summed E-state index contributed by atoms with van der Waals surface area (Å²) >= 11 is 0. The van der Waals surface area contributed by atoms with Crippen LogP contribution in [0.25, 0.3) is 0 Å². The van der Waals surface area contributed by atoms with Gasteiger partial charge in [0, 0.05) is 50.4 Å². The maximum absolute atomic E-state index is 12.7. The number of sulfonamides is 1. The van der Waals surface area contributed by atoms with E-state index in [0.29, 0.717) is 32.5 Å². The van der Waals surface area contributed by atoms with E-state index in [9.17, 15) is 26.4 Å². The molecule has 1 atom stereocenters. The van der Waals surface area contributed by atoms with Gasteiger partial charge >= 0.3 is 6.36 Å². The summed E-state index contributed by atoms with van der Waals surface area (Å²) in [6.07, 6.45) is -2.87. The van der Waals surface area contributed by atoms with Gasteiger partial charge in [-0.2, -0.15) is 0 Å². The Morgan fingerprint density at radius 3 is 2.52 bits per heavy atom. The van der Waals surface area contributed by atoms with E-state index in [2.05, 4.69) is 14.4 Å². The van der Waals surface area contributed by atoms with Crippen LogP contribution in [-0.4, -0.2) is 51.3 Å². The van der Waals surface area contributed by atoms with Crippen molar-refractivity contribution in [3.8, 4) is 5.75 Å². The molecule has 0 saturated carbocycles. The molecule has 0 aliphatic carbocycles. The zero-order chi connectivity index (χ0) is 23.6. The highest BCUT2D eigenvalue weighted by Crippen LogP contribution is 2.26. The first kappa shape index (κ1) is 23.5. The fourth-order valence-corrected chi connectivity index (χ4v) is 5.46. The van der Waals surface area contributed by atoms with Gasteiger partial charge in [0.1, 0.15) is 5.75 Å². The second-order valence-corrected chi connectivity index (χ2v) is 9.89. The van der Waals surface area contributed by atoms with Crippen molar-refractivity contribution in [3.05, 3.63) is 54.1 Å². The summed E-state index contributed by atoms with van der Waals surface area (Å²) in [6, 6.07) is 11.7. The van der Waals surface area contributed by atoms with Gasteiger partial charge in [0.15, 0.2) is 0 Å². The molecule has 1 amide bonds. The maximum Gasteiger partial charge on any atom is 0.573 e. The minimum absolute atomic E-state index is 0.132. The van der Waals surface area contributed by atoms with E-state index < -0.39 is 22.1 Å². The minimum Gasteiger partial charge on any atom is -0.406 e. The van der Waals surface area contributed by atoms with Crippen molar-refractivity contribution >= 4 is 21.6 Å². The summed E-state index contributed by atoms with van der Waals surface area (Å²) in [5.41, 5.74) is 1.93. The fourth-order valence-electron chi connectivity index (χ4n) is 4.16. The number of nitrogens with one attached hydrogen (secondary N) is 1. The van der Waals surface area contributed by atoms with Crippen molar-refractivity contribution in [2.45, 2.75) is 43.1 Å². The predicted octanol–water partition coefficient (Wildman–Crippen LogP) is 3.26. The number of ether oxygens (including phenoxy) is 1. The summed E-state index contributed by atoms with van der Waals surface area (Å²) < 4.78 is 69.0. The van der Waals surface area contributed by atoms with Crippen LogP contribution in [-0.2, 0) is 21.4 Å². The molecule has 4 rings (SSSR count). The molecule has 2 aromatic rings. The number of likely N-dealkylation sites (tertiary alicyclic amines) is 1. The Labute approximate surface area is 190 Å². The van der Waals surface area contributed by atoms with Crippen LogP contribution in [0.15, 0.2) is 53.4 Å². The molecule has 2 aliphatic rings. The number of amides is 1. The van der Waals surface area contributed by atoms with Gasteiger partial charge in [0.05, 0.1) is 4.90 Å². The Bertz CT molecular complexity index is 1110. The molecular weight excluding hydrogens is 459 g/mol. The van der Waals surface area contributed by atoms with Crippen LogP contribution in [0.2, 0.25) is 0 Å². The molecule has 7 nitrogen and oxygen atoms in total. The largest absolute Gasteiger partial charge is 0.573 e. The number of hydrogen-bond donors (Lipinski definition) is 1. The highest BCUT2D eigenvalue weighted by atomic mass is 32.2. The highest BCUT2D eigenvalue weighted by Gasteiger charge is 2.32. The number of hydrogen-bond acceptors (Lipinski definition) is 5.